The van der Waals surface area contributed by atoms with Crippen LogP contribution in [0.25, 0.3) is 44.1 Å². The molecule has 6 rings (SSSR count). The van der Waals surface area contributed by atoms with Gasteiger partial charge in [0, 0.05) is 23.6 Å². The molecule has 0 saturated carbocycles. The predicted octanol–water partition coefficient (Wildman–Crippen LogP) is 7.77. The van der Waals surface area contributed by atoms with E-state index in [0.717, 1.165) is 34.5 Å². The fourth-order valence-electron chi connectivity index (χ4n) is 4.61. The number of rotatable bonds is 4. The van der Waals surface area contributed by atoms with Gasteiger partial charge in [0.15, 0.2) is 0 Å². The van der Waals surface area contributed by atoms with Crippen LogP contribution in [0.4, 0.5) is 26.3 Å². The number of fused-ring (bicyclic) bond motifs is 2. The highest BCUT2D eigenvalue weighted by atomic mass is 32.2. The Morgan fingerprint density at radius 2 is 1.02 bits per heavy atom. The lowest BCUT2D eigenvalue weighted by molar-refractivity contribution is -0.142. The lowest BCUT2D eigenvalue weighted by atomic mass is 10.0. The van der Waals surface area contributed by atoms with Gasteiger partial charge in [0.05, 0.1) is 22.2 Å². The molecule has 6 aromatic rings. The lowest BCUT2D eigenvalue weighted by Crippen LogP contribution is -2.14. The van der Waals surface area contributed by atoms with E-state index in [2.05, 4.69) is 19.9 Å². The summed E-state index contributed by atoms with van der Waals surface area (Å²) < 4.78 is 113. The normalized spacial score (nSPS) is 12.9. The average molecular weight is 689 g/mol. The molecule has 0 amide bonds. The van der Waals surface area contributed by atoms with E-state index in [4.69, 9.17) is 0 Å². The smallest absolute Gasteiger partial charge is 0.251 e. The molecule has 2 aromatic heterocycles. The summed E-state index contributed by atoms with van der Waals surface area (Å²) in [5.41, 5.74) is -1.42. The van der Waals surface area contributed by atoms with E-state index >= 15 is 0 Å². The van der Waals surface area contributed by atoms with Gasteiger partial charge >= 0.3 is 12.4 Å². The average Bonchev–Trinajstić information content (AvgIpc) is 3.03. The number of benzene rings is 4. The van der Waals surface area contributed by atoms with Crippen LogP contribution in [0.3, 0.4) is 0 Å². The zero-order valence-electron chi connectivity index (χ0n) is 24.3. The van der Waals surface area contributed by atoms with Gasteiger partial charge < -0.3 is 0 Å². The van der Waals surface area contributed by atoms with Crippen molar-refractivity contribution in [3.8, 4) is 22.5 Å². The van der Waals surface area contributed by atoms with Crippen LogP contribution in [-0.2, 0) is 33.0 Å². The minimum atomic E-state index is -4.78. The van der Waals surface area contributed by atoms with Crippen LogP contribution < -0.4 is 0 Å². The maximum absolute atomic E-state index is 13.1. The van der Waals surface area contributed by atoms with E-state index in [-0.39, 0.29) is 16.5 Å². The van der Waals surface area contributed by atoms with Crippen LogP contribution in [0.15, 0.2) is 107 Å². The number of aromatic nitrogens is 4. The summed E-state index contributed by atoms with van der Waals surface area (Å²) in [7, 11) is -5.71. The Hall–Kier alpha value is -4.76. The summed E-state index contributed by atoms with van der Waals surface area (Å²) in [5.74, 6) is 0. The molecule has 1 unspecified atom stereocenters. The van der Waals surface area contributed by atoms with Gasteiger partial charge in [0.2, 0.25) is 20.2 Å². The monoisotopic (exact) mass is 688 g/mol. The molecule has 242 valence electrons. The van der Waals surface area contributed by atoms with Crippen molar-refractivity contribution in [2.75, 3.05) is 12.5 Å². The van der Waals surface area contributed by atoms with E-state index in [9.17, 15) is 39.0 Å². The summed E-state index contributed by atoms with van der Waals surface area (Å²) >= 11 is 0. The van der Waals surface area contributed by atoms with E-state index in [0.29, 0.717) is 16.5 Å². The summed E-state index contributed by atoms with van der Waals surface area (Å²) in [6, 6.07) is 26.4. The first-order chi connectivity index (χ1) is 22.0. The number of halogens is 6. The molecule has 2 heterocycles. The Kier molecular flexibility index (Phi) is 9.15. The second kappa shape index (κ2) is 12.8. The molecule has 0 aliphatic rings. The second-order valence-corrected chi connectivity index (χ2v) is 13.3. The van der Waals surface area contributed by atoms with Crippen LogP contribution in [-0.4, -0.2) is 45.1 Å². The van der Waals surface area contributed by atoms with E-state index < -0.39 is 49.5 Å². The number of nitrogens with zero attached hydrogens (tertiary/aromatic N) is 4. The SMILES string of the molecule is CS(=O)(=O)c1nc(-c2cccc3ccccc23)cc(C(F)(F)F)n1.CS(=O)c1nc(-c2cccc3ccccc23)cc(C(F)(F)F)n1. The van der Waals surface area contributed by atoms with E-state index in [1.807, 2.05) is 36.4 Å². The molecule has 7 nitrogen and oxygen atoms in total. The van der Waals surface area contributed by atoms with Crippen molar-refractivity contribution in [2.45, 2.75) is 22.7 Å². The van der Waals surface area contributed by atoms with Crippen molar-refractivity contribution in [1.29, 1.82) is 0 Å². The van der Waals surface area contributed by atoms with Crippen LogP contribution in [0, 0.1) is 0 Å². The van der Waals surface area contributed by atoms with Gasteiger partial charge in [-0.25, -0.2) is 28.4 Å². The largest absolute Gasteiger partial charge is 0.433 e. The molecular weight excluding hydrogens is 666 g/mol. The number of sulfone groups is 1. The summed E-state index contributed by atoms with van der Waals surface area (Å²) in [6.07, 6.45) is -7.38. The highest BCUT2D eigenvalue weighted by Gasteiger charge is 2.35. The standard InChI is InChI=1S/C16H11F3N2O2S.C16H11F3N2OS/c1-24(22,23)15-20-13(9-14(21-15)16(17,18)19)12-8-4-6-10-5-2-3-7-11(10)12;1-23(22)15-20-13(9-14(21-15)16(17,18)19)12-8-4-6-10-5-2-3-7-11(10)12/h2-9H,1H3;2-9H,1H3. The first-order valence-electron chi connectivity index (χ1n) is 13.4. The van der Waals surface area contributed by atoms with Gasteiger partial charge in [0.25, 0.3) is 0 Å². The number of hydrogen-bond donors (Lipinski definition) is 0. The molecule has 0 saturated heterocycles. The van der Waals surface area contributed by atoms with Gasteiger partial charge in [-0.1, -0.05) is 84.9 Å². The van der Waals surface area contributed by atoms with Crippen molar-refractivity contribution < 1.29 is 39.0 Å². The lowest BCUT2D eigenvalue weighted by Gasteiger charge is -2.11. The third-order valence-corrected chi connectivity index (χ3v) is 8.25. The third kappa shape index (κ3) is 7.63. The maximum atomic E-state index is 13.1. The zero-order chi connectivity index (χ0) is 34.1. The first kappa shape index (κ1) is 33.6. The minimum Gasteiger partial charge on any atom is -0.251 e. The van der Waals surface area contributed by atoms with Crippen LogP contribution in [0.2, 0.25) is 0 Å². The molecule has 0 N–H and O–H groups in total. The second-order valence-electron chi connectivity index (χ2n) is 10.1. The fourth-order valence-corrected chi connectivity index (χ4v) is 5.59. The van der Waals surface area contributed by atoms with Gasteiger partial charge in [-0.15, -0.1) is 0 Å². The molecule has 1 atom stereocenters. The van der Waals surface area contributed by atoms with Crippen molar-refractivity contribution in [1.82, 2.24) is 19.9 Å². The Bertz CT molecular complexity index is 2250. The molecule has 0 spiro atoms. The van der Waals surface area contributed by atoms with Crippen molar-refractivity contribution in [3.05, 3.63) is 108 Å². The molecule has 0 aliphatic heterocycles. The topological polar surface area (TPSA) is 103 Å². The Balaban J connectivity index is 0.000000185. The molecule has 4 aromatic carbocycles. The van der Waals surface area contributed by atoms with Crippen LogP contribution in [0.1, 0.15) is 11.4 Å². The van der Waals surface area contributed by atoms with Gasteiger partial charge in [-0.3, -0.25) is 4.21 Å². The first-order valence-corrected chi connectivity index (χ1v) is 16.9. The van der Waals surface area contributed by atoms with E-state index in [1.54, 1.807) is 48.5 Å². The molecule has 47 heavy (non-hydrogen) atoms. The van der Waals surface area contributed by atoms with Gasteiger partial charge in [0.1, 0.15) is 11.4 Å². The molecule has 0 aliphatic carbocycles. The minimum absolute atomic E-state index is 0.0884. The molecule has 0 radical (unpaired) electrons. The third-order valence-electron chi connectivity index (χ3n) is 6.71. The highest BCUT2D eigenvalue weighted by Crippen LogP contribution is 2.35. The molecule has 0 fully saturated rings. The summed E-state index contributed by atoms with van der Waals surface area (Å²) in [4.78, 5) is 14.4. The Morgan fingerprint density at radius 1 is 0.596 bits per heavy atom. The van der Waals surface area contributed by atoms with Gasteiger partial charge in [-0.05, 0) is 33.7 Å². The number of hydrogen-bond acceptors (Lipinski definition) is 7. The number of alkyl halides is 6. The fraction of sp³-hybridized carbons (Fsp3) is 0.125. The van der Waals surface area contributed by atoms with Crippen molar-refractivity contribution in [3.63, 3.8) is 0 Å². The Labute approximate surface area is 266 Å². The van der Waals surface area contributed by atoms with Crippen molar-refractivity contribution in [2.24, 2.45) is 0 Å². The molecule has 0 bridgehead atoms. The predicted molar refractivity (Wildman–Crippen MR) is 165 cm³/mol. The van der Waals surface area contributed by atoms with Crippen LogP contribution >= 0.6 is 0 Å². The molecule has 15 heteroatoms. The van der Waals surface area contributed by atoms with Gasteiger partial charge in [-0.2, -0.15) is 26.3 Å². The van der Waals surface area contributed by atoms with Crippen LogP contribution in [0.5, 0.6) is 0 Å². The summed E-state index contributed by atoms with van der Waals surface area (Å²) in [6.45, 7) is 0. The maximum Gasteiger partial charge on any atom is 0.433 e. The Morgan fingerprint density at radius 3 is 1.47 bits per heavy atom. The quantitative estimate of drug-likeness (QED) is 0.138. The highest BCUT2D eigenvalue weighted by molar-refractivity contribution is 7.90. The zero-order valence-corrected chi connectivity index (χ0v) is 26.0. The van der Waals surface area contributed by atoms with E-state index in [1.165, 1.54) is 6.26 Å². The summed E-state index contributed by atoms with van der Waals surface area (Å²) in [5, 5.41) is 1.96. The van der Waals surface area contributed by atoms with Crippen molar-refractivity contribution >= 4 is 42.2 Å². The molecular formula is C32H22F6N4O3S2.